The lowest BCUT2D eigenvalue weighted by Crippen LogP contribution is -2.18. The summed E-state index contributed by atoms with van der Waals surface area (Å²) >= 11 is 0. The third-order valence-electron chi connectivity index (χ3n) is 5.88. The molecule has 1 aliphatic rings. The monoisotopic (exact) mass is 466 g/mol. The highest BCUT2D eigenvalue weighted by Gasteiger charge is 2.31. The second-order valence-corrected chi connectivity index (χ2v) is 10.5. The summed E-state index contributed by atoms with van der Waals surface area (Å²) in [6, 6.07) is 17.5. The summed E-state index contributed by atoms with van der Waals surface area (Å²) in [7, 11) is -3.04. The minimum absolute atomic E-state index is 0.0946. The molecule has 1 amide bonds. The molecule has 2 aromatic carbocycles. The second-order valence-electron chi connectivity index (χ2n) is 8.24. The molecule has 0 radical (unpaired) electrons. The van der Waals surface area contributed by atoms with Crippen LogP contribution in [0.5, 0.6) is 5.75 Å². The maximum Gasteiger partial charge on any atom is 0.259 e. The Hall–Kier alpha value is -3.39. The van der Waals surface area contributed by atoms with Crippen LogP contribution < -0.4 is 10.1 Å². The molecular formula is C25H26N2O5S. The van der Waals surface area contributed by atoms with E-state index in [2.05, 4.69) is 5.32 Å². The first-order chi connectivity index (χ1) is 15.7. The molecule has 1 atom stereocenters. The van der Waals surface area contributed by atoms with E-state index < -0.39 is 9.84 Å². The molecule has 172 valence electrons. The average molecular weight is 467 g/mol. The van der Waals surface area contributed by atoms with Crippen molar-refractivity contribution in [2.45, 2.75) is 26.3 Å². The number of nitrogens with zero attached hydrogens (tertiary/aromatic N) is 1. The number of para-hydroxylation sites is 2. The van der Waals surface area contributed by atoms with E-state index in [1.807, 2.05) is 36.6 Å². The number of aromatic nitrogens is 1. The minimum atomic E-state index is -3.04. The Bertz CT molecular complexity index is 1300. The lowest BCUT2D eigenvalue weighted by molar-refractivity contribution is 0.0913. The van der Waals surface area contributed by atoms with E-state index in [0.717, 1.165) is 11.4 Å². The average Bonchev–Trinajstić information content (AvgIpc) is 3.30. The normalized spacial score (nSPS) is 17.0. The summed E-state index contributed by atoms with van der Waals surface area (Å²) < 4.78 is 31.5. The number of aryl methyl sites for hydroxylation is 1. The van der Waals surface area contributed by atoms with Crippen LogP contribution in [-0.2, 0) is 9.84 Å². The number of sulfone groups is 1. The highest BCUT2D eigenvalue weighted by Crippen LogP contribution is 2.29. The van der Waals surface area contributed by atoms with Crippen LogP contribution >= 0.6 is 0 Å². The van der Waals surface area contributed by atoms with Gasteiger partial charge in [-0.3, -0.25) is 9.59 Å². The van der Waals surface area contributed by atoms with Crippen molar-refractivity contribution in [2.75, 3.05) is 23.4 Å². The fraction of sp³-hybridized carbons (Fsp3) is 0.280. The zero-order valence-corrected chi connectivity index (χ0v) is 19.4. The van der Waals surface area contributed by atoms with E-state index in [4.69, 9.17) is 4.74 Å². The van der Waals surface area contributed by atoms with Crippen molar-refractivity contribution in [3.05, 3.63) is 83.2 Å². The van der Waals surface area contributed by atoms with Gasteiger partial charge in [0.1, 0.15) is 5.75 Å². The first kappa shape index (κ1) is 22.8. The predicted octanol–water partition coefficient (Wildman–Crippen LogP) is 3.98. The van der Waals surface area contributed by atoms with E-state index in [-0.39, 0.29) is 35.8 Å². The third kappa shape index (κ3) is 5.01. The molecule has 3 aromatic rings. The molecule has 0 aliphatic carbocycles. The van der Waals surface area contributed by atoms with E-state index in [1.165, 1.54) is 0 Å². The van der Waals surface area contributed by atoms with Crippen LogP contribution in [0.4, 0.5) is 5.69 Å². The number of amides is 1. The molecule has 0 unspecified atom stereocenters. The zero-order chi connectivity index (χ0) is 23.6. The van der Waals surface area contributed by atoms with Crippen LogP contribution in [0.15, 0.2) is 60.7 Å². The van der Waals surface area contributed by atoms with Crippen LogP contribution in [-0.4, -0.2) is 42.8 Å². The second kappa shape index (κ2) is 9.23. The summed E-state index contributed by atoms with van der Waals surface area (Å²) in [5.41, 5.74) is 3.08. The Labute approximate surface area is 193 Å². The summed E-state index contributed by atoms with van der Waals surface area (Å²) in [4.78, 5) is 25.7. The quantitative estimate of drug-likeness (QED) is 0.532. The van der Waals surface area contributed by atoms with Crippen LogP contribution in [0.25, 0.3) is 0 Å². The molecule has 8 heteroatoms. The summed E-state index contributed by atoms with van der Waals surface area (Å²) in [5, 5.41) is 2.82. The van der Waals surface area contributed by atoms with Crippen molar-refractivity contribution < 1.29 is 22.7 Å². The standard InChI is InChI=1S/C25H26N2O5S/c1-17-14-22(18(2)27(17)20-12-13-33(30,31)16-20)23(28)15-32-24-11-7-6-10-21(24)25(29)26-19-8-4-3-5-9-19/h3-11,14,20H,12-13,15-16H2,1-2H3,(H,26,29)/t20-/m0/s1. The Kier molecular flexibility index (Phi) is 6.37. The van der Waals surface area contributed by atoms with Gasteiger partial charge in [-0.15, -0.1) is 0 Å². The largest absolute Gasteiger partial charge is 0.485 e. The Morgan fingerprint density at radius 2 is 1.73 bits per heavy atom. The molecule has 1 aliphatic heterocycles. The van der Waals surface area contributed by atoms with Gasteiger partial charge in [0.15, 0.2) is 16.4 Å². The van der Waals surface area contributed by atoms with Gasteiger partial charge >= 0.3 is 0 Å². The highest BCUT2D eigenvalue weighted by atomic mass is 32.2. The number of Topliss-reactive ketones (excluding diaryl/α,β-unsaturated/α-hetero) is 1. The van der Waals surface area contributed by atoms with Crippen molar-refractivity contribution in [1.82, 2.24) is 4.57 Å². The number of carbonyl (C=O) groups excluding carboxylic acids is 2. The van der Waals surface area contributed by atoms with Crippen LogP contribution in [0.1, 0.15) is 44.6 Å². The number of hydrogen-bond acceptors (Lipinski definition) is 5. The van der Waals surface area contributed by atoms with Gasteiger partial charge in [-0.25, -0.2) is 8.42 Å². The van der Waals surface area contributed by atoms with E-state index in [0.29, 0.717) is 29.0 Å². The number of hydrogen-bond donors (Lipinski definition) is 1. The molecule has 1 N–H and O–H groups in total. The molecule has 0 bridgehead atoms. The van der Waals surface area contributed by atoms with Crippen molar-refractivity contribution in [1.29, 1.82) is 0 Å². The third-order valence-corrected chi connectivity index (χ3v) is 7.63. The molecule has 4 rings (SSSR count). The molecule has 0 saturated carbocycles. The van der Waals surface area contributed by atoms with Gasteiger partial charge in [0, 0.05) is 28.7 Å². The van der Waals surface area contributed by atoms with Crippen molar-refractivity contribution >= 4 is 27.2 Å². The molecular weight excluding hydrogens is 440 g/mol. The highest BCUT2D eigenvalue weighted by molar-refractivity contribution is 7.91. The fourth-order valence-electron chi connectivity index (χ4n) is 4.32. The van der Waals surface area contributed by atoms with E-state index in [9.17, 15) is 18.0 Å². The molecule has 2 heterocycles. The smallest absolute Gasteiger partial charge is 0.259 e. The van der Waals surface area contributed by atoms with Gasteiger partial charge < -0.3 is 14.6 Å². The number of ketones is 1. The van der Waals surface area contributed by atoms with Crippen LogP contribution in [0, 0.1) is 13.8 Å². The molecule has 1 aromatic heterocycles. The lowest BCUT2D eigenvalue weighted by atomic mass is 10.1. The van der Waals surface area contributed by atoms with E-state index in [1.54, 1.807) is 42.5 Å². The molecule has 0 spiro atoms. The number of rotatable bonds is 7. The summed E-state index contributed by atoms with van der Waals surface area (Å²) in [6.45, 7) is 3.47. The van der Waals surface area contributed by atoms with Gasteiger partial charge in [0.05, 0.1) is 17.1 Å². The molecule has 1 saturated heterocycles. The predicted molar refractivity (Wildman–Crippen MR) is 127 cm³/mol. The molecule has 7 nitrogen and oxygen atoms in total. The van der Waals surface area contributed by atoms with Crippen molar-refractivity contribution in [3.63, 3.8) is 0 Å². The van der Waals surface area contributed by atoms with E-state index >= 15 is 0 Å². The maximum absolute atomic E-state index is 13.0. The summed E-state index contributed by atoms with van der Waals surface area (Å²) in [5.74, 6) is 0.0219. The first-order valence-electron chi connectivity index (χ1n) is 10.8. The van der Waals surface area contributed by atoms with Gasteiger partial charge in [-0.2, -0.15) is 0 Å². The summed E-state index contributed by atoms with van der Waals surface area (Å²) in [6.07, 6.45) is 0.548. The Balaban J connectivity index is 1.48. The van der Waals surface area contributed by atoms with Crippen LogP contribution in [0.3, 0.4) is 0 Å². The first-order valence-corrected chi connectivity index (χ1v) is 12.6. The Morgan fingerprint density at radius 1 is 1.03 bits per heavy atom. The van der Waals surface area contributed by atoms with Crippen molar-refractivity contribution in [2.24, 2.45) is 0 Å². The zero-order valence-electron chi connectivity index (χ0n) is 18.6. The fourth-order valence-corrected chi connectivity index (χ4v) is 6.02. The SMILES string of the molecule is Cc1cc(C(=O)COc2ccccc2C(=O)Nc2ccccc2)c(C)n1[C@H]1CCS(=O)(=O)C1. The van der Waals surface area contributed by atoms with Crippen molar-refractivity contribution in [3.8, 4) is 5.75 Å². The molecule has 1 fully saturated rings. The minimum Gasteiger partial charge on any atom is -0.485 e. The Morgan fingerprint density at radius 3 is 2.42 bits per heavy atom. The maximum atomic E-state index is 13.0. The number of carbonyl (C=O) groups is 2. The number of ether oxygens (including phenoxy) is 1. The van der Waals surface area contributed by atoms with Gasteiger partial charge in [0.2, 0.25) is 5.78 Å². The number of nitrogens with one attached hydrogen (secondary N) is 1. The lowest BCUT2D eigenvalue weighted by Gasteiger charge is -2.16. The van der Waals surface area contributed by atoms with Gasteiger partial charge in [-0.1, -0.05) is 30.3 Å². The topological polar surface area (TPSA) is 94.5 Å². The number of anilines is 1. The molecule has 33 heavy (non-hydrogen) atoms. The van der Waals surface area contributed by atoms with Gasteiger partial charge in [0.25, 0.3) is 5.91 Å². The number of benzene rings is 2. The van der Waals surface area contributed by atoms with Gasteiger partial charge in [-0.05, 0) is 50.6 Å². The van der Waals surface area contributed by atoms with Crippen LogP contribution in [0.2, 0.25) is 0 Å².